The van der Waals surface area contributed by atoms with Gasteiger partial charge in [0.15, 0.2) is 11.3 Å². The Morgan fingerprint density at radius 3 is 2.64 bits per heavy atom. The molecule has 132 valence electrons. The van der Waals surface area contributed by atoms with E-state index in [0.717, 1.165) is 12.0 Å². The van der Waals surface area contributed by atoms with Crippen LogP contribution in [0.4, 0.5) is 0 Å². The van der Waals surface area contributed by atoms with Gasteiger partial charge in [-0.15, -0.1) is 0 Å². The fourth-order valence-electron chi connectivity index (χ4n) is 3.93. The molecule has 4 rings (SSSR count). The molecule has 1 saturated heterocycles. The van der Waals surface area contributed by atoms with Gasteiger partial charge in [-0.2, -0.15) is 0 Å². The van der Waals surface area contributed by atoms with Crippen LogP contribution in [0, 0.1) is 5.92 Å². The van der Waals surface area contributed by atoms with Crippen LogP contribution in [0.25, 0.3) is 0 Å². The van der Waals surface area contributed by atoms with Gasteiger partial charge >= 0.3 is 5.97 Å². The molecule has 1 aromatic rings. The van der Waals surface area contributed by atoms with Crippen molar-refractivity contribution >= 4 is 11.9 Å². The molecule has 2 heterocycles. The van der Waals surface area contributed by atoms with Crippen LogP contribution in [0.1, 0.15) is 39.2 Å². The predicted octanol–water partition coefficient (Wildman–Crippen LogP) is 3.24. The van der Waals surface area contributed by atoms with Crippen molar-refractivity contribution in [2.24, 2.45) is 10.9 Å². The van der Waals surface area contributed by atoms with Crippen LogP contribution in [-0.2, 0) is 19.0 Å². The summed E-state index contributed by atoms with van der Waals surface area (Å²) in [7, 11) is 0. The zero-order valence-electron chi connectivity index (χ0n) is 14.8. The van der Waals surface area contributed by atoms with Gasteiger partial charge in [-0.25, -0.2) is 9.79 Å². The number of nitrogens with zero attached hydrogens (tertiary/aromatic N) is 1. The van der Waals surface area contributed by atoms with Crippen molar-refractivity contribution in [3.05, 3.63) is 47.5 Å². The van der Waals surface area contributed by atoms with Gasteiger partial charge in [-0.05, 0) is 39.3 Å². The Hall–Kier alpha value is -1.98. The minimum Gasteiger partial charge on any atom is -0.405 e. The Morgan fingerprint density at radius 1 is 1.20 bits per heavy atom. The topological polar surface area (TPSA) is 57.1 Å². The maximum atomic E-state index is 12.9. The zero-order valence-corrected chi connectivity index (χ0v) is 14.8. The summed E-state index contributed by atoms with van der Waals surface area (Å²) in [6, 6.07) is 9.56. The van der Waals surface area contributed by atoms with E-state index in [0.29, 0.717) is 18.9 Å². The Balaban J connectivity index is 1.72. The molecule has 5 nitrogen and oxygen atoms in total. The van der Waals surface area contributed by atoms with Crippen molar-refractivity contribution in [2.75, 3.05) is 6.61 Å². The van der Waals surface area contributed by atoms with Crippen molar-refractivity contribution < 1.29 is 19.0 Å². The van der Waals surface area contributed by atoms with Crippen LogP contribution in [0.2, 0.25) is 0 Å². The van der Waals surface area contributed by atoms with Gasteiger partial charge in [0.1, 0.15) is 0 Å². The van der Waals surface area contributed by atoms with Crippen LogP contribution < -0.4 is 0 Å². The van der Waals surface area contributed by atoms with Gasteiger partial charge in [0.25, 0.3) is 0 Å². The molecule has 0 unspecified atom stereocenters. The maximum Gasteiger partial charge on any atom is 0.341 e. The summed E-state index contributed by atoms with van der Waals surface area (Å²) in [4.78, 5) is 17.7. The Labute approximate surface area is 147 Å². The molecule has 0 amide bonds. The lowest BCUT2D eigenvalue weighted by molar-refractivity contribution is -0.156. The van der Waals surface area contributed by atoms with E-state index in [-0.39, 0.29) is 18.0 Å². The number of aliphatic imine (C=N–C) groups is 1. The summed E-state index contributed by atoms with van der Waals surface area (Å²) in [5.41, 5.74) is 1.15. The van der Waals surface area contributed by atoms with Crippen LogP contribution >= 0.6 is 0 Å². The first-order valence-corrected chi connectivity index (χ1v) is 8.75. The molecule has 5 heteroatoms. The van der Waals surface area contributed by atoms with Gasteiger partial charge in [0.2, 0.25) is 5.90 Å². The van der Waals surface area contributed by atoms with Gasteiger partial charge < -0.3 is 14.2 Å². The Morgan fingerprint density at radius 2 is 1.96 bits per heavy atom. The number of benzene rings is 1. The Bertz CT molecular complexity index is 752. The SMILES string of the molecule is CC1=CC[C@]2(N=C(c3ccccc3)OC2=O)[C@H]([C@H]2COC(C)(C)O2)C1. The van der Waals surface area contributed by atoms with E-state index in [1.54, 1.807) is 0 Å². The van der Waals surface area contributed by atoms with Gasteiger partial charge in [-0.1, -0.05) is 29.8 Å². The molecule has 0 aromatic heterocycles. The van der Waals surface area contributed by atoms with Gasteiger partial charge in [-0.3, -0.25) is 0 Å². The lowest BCUT2D eigenvalue weighted by atomic mass is 9.71. The largest absolute Gasteiger partial charge is 0.405 e. The molecule has 0 bridgehead atoms. The third kappa shape index (κ3) is 2.81. The second kappa shape index (κ2) is 5.78. The molecule has 0 radical (unpaired) electrons. The molecule has 25 heavy (non-hydrogen) atoms. The average Bonchev–Trinajstić information content (AvgIpc) is 3.11. The fourth-order valence-corrected chi connectivity index (χ4v) is 3.93. The number of hydrogen-bond acceptors (Lipinski definition) is 5. The van der Waals surface area contributed by atoms with Crippen molar-refractivity contribution in [1.29, 1.82) is 0 Å². The van der Waals surface area contributed by atoms with Crippen molar-refractivity contribution in [3.63, 3.8) is 0 Å². The van der Waals surface area contributed by atoms with E-state index >= 15 is 0 Å². The predicted molar refractivity (Wildman–Crippen MR) is 93.2 cm³/mol. The minimum absolute atomic E-state index is 0.0898. The van der Waals surface area contributed by atoms with Crippen LogP contribution in [0.3, 0.4) is 0 Å². The van der Waals surface area contributed by atoms with E-state index in [4.69, 9.17) is 19.2 Å². The van der Waals surface area contributed by atoms with Crippen molar-refractivity contribution in [2.45, 2.75) is 51.0 Å². The van der Waals surface area contributed by atoms with Gasteiger partial charge in [0.05, 0.1) is 12.7 Å². The second-order valence-electron chi connectivity index (χ2n) is 7.53. The van der Waals surface area contributed by atoms with E-state index in [9.17, 15) is 4.79 Å². The average molecular weight is 341 g/mol. The first-order chi connectivity index (χ1) is 11.9. The van der Waals surface area contributed by atoms with E-state index in [2.05, 4.69) is 13.0 Å². The van der Waals surface area contributed by atoms with Crippen molar-refractivity contribution in [1.82, 2.24) is 0 Å². The van der Waals surface area contributed by atoms with E-state index < -0.39 is 11.3 Å². The molecule has 2 aliphatic heterocycles. The molecule has 0 N–H and O–H groups in total. The molecule has 1 spiro atoms. The van der Waals surface area contributed by atoms with Crippen LogP contribution in [0.15, 0.2) is 47.0 Å². The summed E-state index contributed by atoms with van der Waals surface area (Å²) in [6.07, 6.45) is 3.21. The summed E-state index contributed by atoms with van der Waals surface area (Å²) >= 11 is 0. The summed E-state index contributed by atoms with van der Waals surface area (Å²) in [5, 5.41) is 0. The highest BCUT2D eigenvalue weighted by atomic mass is 16.7. The highest BCUT2D eigenvalue weighted by Crippen LogP contribution is 2.45. The molecule has 1 fully saturated rings. The maximum absolute atomic E-state index is 12.9. The molecular formula is C20H23NO4. The zero-order chi connectivity index (χ0) is 17.7. The van der Waals surface area contributed by atoms with Crippen LogP contribution in [-0.4, -0.2) is 35.9 Å². The molecule has 1 aromatic carbocycles. The highest BCUT2D eigenvalue weighted by Gasteiger charge is 2.57. The molecule has 3 atom stereocenters. The van der Waals surface area contributed by atoms with Crippen molar-refractivity contribution in [3.8, 4) is 0 Å². The third-order valence-corrected chi connectivity index (χ3v) is 5.26. The van der Waals surface area contributed by atoms with E-state index in [1.165, 1.54) is 5.57 Å². The lowest BCUT2D eigenvalue weighted by Gasteiger charge is -2.37. The van der Waals surface area contributed by atoms with E-state index in [1.807, 2.05) is 44.2 Å². The summed E-state index contributed by atoms with van der Waals surface area (Å²) < 4.78 is 17.4. The van der Waals surface area contributed by atoms with Gasteiger partial charge in [0, 0.05) is 17.9 Å². The number of ether oxygens (including phenoxy) is 3. The monoisotopic (exact) mass is 341 g/mol. The summed E-state index contributed by atoms with van der Waals surface area (Å²) in [6.45, 7) is 6.35. The number of esters is 1. The number of carbonyl (C=O) groups excluding carboxylic acids is 1. The molecule has 1 aliphatic carbocycles. The smallest absolute Gasteiger partial charge is 0.341 e. The Kier molecular flexibility index (Phi) is 3.81. The lowest BCUT2D eigenvalue weighted by Crippen LogP contribution is -2.49. The summed E-state index contributed by atoms with van der Waals surface area (Å²) in [5.74, 6) is -0.599. The molecule has 3 aliphatic rings. The first kappa shape index (κ1) is 16.5. The number of rotatable bonds is 2. The number of cyclic esters (lactones) is 1. The molecule has 0 saturated carbocycles. The first-order valence-electron chi connectivity index (χ1n) is 8.75. The normalized spacial score (nSPS) is 34.0. The highest BCUT2D eigenvalue weighted by molar-refractivity contribution is 6.08. The third-order valence-electron chi connectivity index (χ3n) is 5.26. The number of carbonyl (C=O) groups is 1. The number of hydrogen-bond donors (Lipinski definition) is 0. The minimum atomic E-state index is -0.918. The fraction of sp³-hybridized carbons (Fsp3) is 0.500. The quantitative estimate of drug-likeness (QED) is 0.612. The van der Waals surface area contributed by atoms with Crippen LogP contribution in [0.5, 0.6) is 0 Å². The standard InChI is InChI=1S/C20H23NO4/c1-13-9-10-20(15(11-13)16-12-23-19(2,3)25-16)18(22)24-17(21-20)14-7-5-4-6-8-14/h4-9,15-16H,10-12H2,1-3H3/t15-,16+,20-/m0/s1. The molecular weight excluding hydrogens is 318 g/mol. The number of allylic oxidation sites excluding steroid dienone is 1. The second-order valence-corrected chi connectivity index (χ2v) is 7.53.